The number of aliphatic imine (C=N–C) groups is 1. The second-order valence-corrected chi connectivity index (χ2v) is 6.12. The fourth-order valence-electron chi connectivity index (χ4n) is 2.57. The van der Waals surface area contributed by atoms with Crippen molar-refractivity contribution in [3.8, 4) is 0 Å². The zero-order valence-electron chi connectivity index (χ0n) is 16.1. The Balaban J connectivity index is 0.000000705. The number of allylic oxidation sites excluding steroid dienone is 2. The molecule has 1 aliphatic rings. The minimum Gasteiger partial charge on any atom is -0.385 e. The van der Waals surface area contributed by atoms with Gasteiger partial charge in [0, 0.05) is 37.9 Å². The van der Waals surface area contributed by atoms with Crippen molar-refractivity contribution in [1.82, 2.24) is 4.90 Å². The van der Waals surface area contributed by atoms with Crippen molar-refractivity contribution in [2.75, 3.05) is 39.0 Å². The number of likely N-dealkylation sites (N-methyl/N-ethyl adjacent to an activating group) is 1. The van der Waals surface area contributed by atoms with E-state index in [2.05, 4.69) is 28.3 Å². The molecule has 0 amide bonds. The Labute approximate surface area is 152 Å². The van der Waals surface area contributed by atoms with Crippen LogP contribution in [0.15, 0.2) is 41.4 Å². The lowest BCUT2D eigenvalue weighted by atomic mass is 9.99. The maximum atomic E-state index is 13.6. The van der Waals surface area contributed by atoms with Crippen molar-refractivity contribution in [3.05, 3.63) is 47.8 Å². The van der Waals surface area contributed by atoms with Crippen LogP contribution in [0.4, 0.5) is 10.1 Å². The van der Waals surface area contributed by atoms with Crippen LogP contribution in [0.2, 0.25) is 0 Å². The number of halogens is 1. The number of rotatable bonds is 6. The molecule has 3 nitrogen and oxygen atoms in total. The molecular weight excluding hydrogens is 313 g/mol. The van der Waals surface area contributed by atoms with Crippen LogP contribution in [-0.2, 0) is 0 Å². The lowest BCUT2D eigenvalue weighted by molar-refractivity contribution is 0.373. The minimum absolute atomic E-state index is 0.178. The van der Waals surface area contributed by atoms with Crippen LogP contribution in [0.5, 0.6) is 0 Å². The summed E-state index contributed by atoms with van der Waals surface area (Å²) in [5.41, 5.74) is 3.22. The summed E-state index contributed by atoms with van der Waals surface area (Å²) in [6.45, 7) is 6.81. The van der Waals surface area contributed by atoms with Crippen molar-refractivity contribution in [3.63, 3.8) is 0 Å². The standard InChI is InChI=1S/C17H24FN3.C4H8/c1-19-9-3-4-10-20-17-8-7-15(18)12-16(17)14-6-5-11-21(2)13-14;1-3-4-2/h6-9,12,20H,3-5,10-11,13H2,1-2H3;3-4H,1-2H3/b;4-3+. The topological polar surface area (TPSA) is 27.6 Å². The summed E-state index contributed by atoms with van der Waals surface area (Å²) in [5, 5.41) is 3.42. The summed E-state index contributed by atoms with van der Waals surface area (Å²) in [6.07, 6.45) is 11.2. The summed E-state index contributed by atoms with van der Waals surface area (Å²) in [6, 6.07) is 5.00. The van der Waals surface area contributed by atoms with Gasteiger partial charge in [0.05, 0.1) is 0 Å². The minimum atomic E-state index is -0.178. The third kappa shape index (κ3) is 8.12. The van der Waals surface area contributed by atoms with Crippen LogP contribution in [0, 0.1) is 5.82 Å². The first-order chi connectivity index (χ1) is 12.1. The maximum Gasteiger partial charge on any atom is 0.123 e. The van der Waals surface area contributed by atoms with E-state index in [-0.39, 0.29) is 5.82 Å². The molecule has 0 spiro atoms. The molecule has 2 rings (SSSR count). The van der Waals surface area contributed by atoms with Gasteiger partial charge in [-0.2, -0.15) is 0 Å². The molecule has 1 aromatic carbocycles. The van der Waals surface area contributed by atoms with Gasteiger partial charge in [0.1, 0.15) is 5.82 Å². The summed E-state index contributed by atoms with van der Waals surface area (Å²) in [4.78, 5) is 6.24. The molecule has 0 fully saturated rings. The van der Waals surface area contributed by atoms with Crippen LogP contribution in [0.3, 0.4) is 0 Å². The molecule has 0 saturated carbocycles. The van der Waals surface area contributed by atoms with Crippen molar-refractivity contribution in [2.45, 2.75) is 33.1 Å². The van der Waals surface area contributed by atoms with Crippen LogP contribution in [0.25, 0.3) is 5.57 Å². The van der Waals surface area contributed by atoms with E-state index in [1.807, 2.05) is 38.3 Å². The number of nitrogens with zero attached hydrogens (tertiary/aromatic N) is 2. The zero-order chi connectivity index (χ0) is 18.5. The molecule has 1 aliphatic heterocycles. The SMILES string of the molecule is C/C=C/C.CN=CCCCNc1ccc(F)cc1C1=CCCN(C)C1. The summed E-state index contributed by atoms with van der Waals surface area (Å²) < 4.78 is 13.6. The second-order valence-electron chi connectivity index (χ2n) is 6.12. The first-order valence-corrected chi connectivity index (χ1v) is 9.01. The van der Waals surface area contributed by atoms with E-state index in [0.29, 0.717) is 0 Å². The van der Waals surface area contributed by atoms with Crippen LogP contribution in [0.1, 0.15) is 38.7 Å². The fraction of sp³-hybridized carbons (Fsp3) is 0.476. The van der Waals surface area contributed by atoms with E-state index in [1.165, 1.54) is 11.6 Å². The molecule has 0 saturated heterocycles. The smallest absolute Gasteiger partial charge is 0.123 e. The van der Waals surface area contributed by atoms with Gasteiger partial charge < -0.3 is 15.2 Å². The average molecular weight is 346 g/mol. The molecule has 4 heteroatoms. The van der Waals surface area contributed by atoms with Crippen molar-refractivity contribution >= 4 is 17.5 Å². The highest BCUT2D eigenvalue weighted by Gasteiger charge is 2.14. The van der Waals surface area contributed by atoms with Gasteiger partial charge >= 0.3 is 0 Å². The summed E-state index contributed by atoms with van der Waals surface area (Å²) in [5.74, 6) is -0.178. The van der Waals surface area contributed by atoms with Gasteiger partial charge in [-0.1, -0.05) is 18.2 Å². The Morgan fingerprint density at radius 2 is 2.04 bits per heavy atom. The lowest BCUT2D eigenvalue weighted by Crippen LogP contribution is -2.25. The number of hydrogen-bond acceptors (Lipinski definition) is 3. The van der Waals surface area contributed by atoms with Gasteiger partial charge in [0.25, 0.3) is 0 Å². The zero-order valence-corrected chi connectivity index (χ0v) is 16.1. The van der Waals surface area contributed by atoms with Gasteiger partial charge in [0.2, 0.25) is 0 Å². The third-order valence-electron chi connectivity index (χ3n) is 4.01. The molecule has 0 radical (unpaired) electrons. The molecule has 1 N–H and O–H groups in total. The van der Waals surface area contributed by atoms with Crippen molar-refractivity contribution < 1.29 is 4.39 Å². The summed E-state index contributed by atoms with van der Waals surface area (Å²) in [7, 11) is 3.89. The van der Waals surface area contributed by atoms with Gasteiger partial charge in [0.15, 0.2) is 0 Å². The Kier molecular flexibility index (Phi) is 10.5. The maximum absolute atomic E-state index is 13.6. The van der Waals surface area contributed by atoms with E-state index in [9.17, 15) is 4.39 Å². The van der Waals surface area contributed by atoms with Gasteiger partial charge in [-0.05, 0) is 70.1 Å². The highest BCUT2D eigenvalue weighted by Crippen LogP contribution is 2.28. The Bertz CT molecular complexity index is 587. The first-order valence-electron chi connectivity index (χ1n) is 9.01. The van der Waals surface area contributed by atoms with E-state index >= 15 is 0 Å². The molecule has 1 aromatic rings. The number of hydrogen-bond donors (Lipinski definition) is 1. The van der Waals surface area contributed by atoms with E-state index in [4.69, 9.17) is 0 Å². The van der Waals surface area contributed by atoms with Gasteiger partial charge in [-0.3, -0.25) is 0 Å². The van der Waals surface area contributed by atoms with Crippen LogP contribution >= 0.6 is 0 Å². The molecule has 0 unspecified atom stereocenters. The highest BCUT2D eigenvalue weighted by molar-refractivity contribution is 5.77. The quantitative estimate of drug-likeness (QED) is 0.445. The Hall–Kier alpha value is -1.94. The molecule has 0 aromatic heterocycles. The number of anilines is 1. The Morgan fingerprint density at radius 1 is 1.28 bits per heavy atom. The lowest BCUT2D eigenvalue weighted by Gasteiger charge is -2.24. The third-order valence-corrected chi connectivity index (χ3v) is 4.01. The molecule has 1 heterocycles. The predicted molar refractivity (Wildman–Crippen MR) is 109 cm³/mol. The number of benzene rings is 1. The van der Waals surface area contributed by atoms with E-state index in [1.54, 1.807) is 13.1 Å². The van der Waals surface area contributed by atoms with E-state index in [0.717, 1.165) is 50.1 Å². The predicted octanol–water partition coefficient (Wildman–Crippen LogP) is 5.02. The normalized spacial score (nSPS) is 15.2. The van der Waals surface area contributed by atoms with Gasteiger partial charge in [-0.15, -0.1) is 0 Å². The molecule has 0 aliphatic carbocycles. The number of nitrogens with one attached hydrogen (secondary N) is 1. The van der Waals surface area contributed by atoms with Gasteiger partial charge in [-0.25, -0.2) is 4.39 Å². The first kappa shape index (κ1) is 21.1. The molecule has 25 heavy (non-hydrogen) atoms. The average Bonchev–Trinajstić information content (AvgIpc) is 2.63. The molecule has 0 atom stereocenters. The molecule has 138 valence electrons. The largest absolute Gasteiger partial charge is 0.385 e. The Morgan fingerprint density at radius 3 is 2.68 bits per heavy atom. The fourth-order valence-corrected chi connectivity index (χ4v) is 2.57. The molecule has 0 bridgehead atoms. The van der Waals surface area contributed by atoms with Crippen LogP contribution < -0.4 is 5.32 Å². The van der Waals surface area contributed by atoms with Crippen LogP contribution in [-0.4, -0.2) is 44.8 Å². The monoisotopic (exact) mass is 345 g/mol. The van der Waals surface area contributed by atoms with Crippen molar-refractivity contribution in [1.29, 1.82) is 0 Å². The summed E-state index contributed by atoms with van der Waals surface area (Å²) >= 11 is 0. The van der Waals surface area contributed by atoms with E-state index < -0.39 is 0 Å². The molecular formula is C21H32FN3. The van der Waals surface area contributed by atoms with Crippen molar-refractivity contribution in [2.24, 2.45) is 4.99 Å². The number of unbranched alkanes of at least 4 members (excludes halogenated alkanes) is 1. The highest BCUT2D eigenvalue weighted by atomic mass is 19.1. The second kappa shape index (κ2) is 12.4.